The first-order chi connectivity index (χ1) is 8.65. The Morgan fingerprint density at radius 2 is 2.28 bits per heavy atom. The van der Waals surface area contributed by atoms with Gasteiger partial charge in [-0.25, -0.2) is 0 Å². The lowest BCUT2D eigenvalue weighted by atomic mass is 10.3. The number of rotatable bonds is 2. The summed E-state index contributed by atoms with van der Waals surface area (Å²) in [6.07, 6.45) is 1.64. The quantitative estimate of drug-likeness (QED) is 0.854. The fourth-order valence-corrected chi connectivity index (χ4v) is 3.73. The summed E-state index contributed by atoms with van der Waals surface area (Å²) >= 11 is 8.57. The van der Waals surface area contributed by atoms with Crippen molar-refractivity contribution in [3.63, 3.8) is 0 Å². The molecule has 3 rings (SSSR count). The Labute approximate surface area is 116 Å². The number of hydrogen-bond donors (Lipinski definition) is 0. The van der Waals surface area contributed by atoms with Crippen LogP contribution in [-0.4, -0.2) is 26.8 Å². The first kappa shape index (κ1) is 12.0. The highest BCUT2D eigenvalue weighted by Gasteiger charge is 2.30. The summed E-state index contributed by atoms with van der Waals surface area (Å²) in [6.45, 7) is 0.308. The number of amides is 2. The summed E-state index contributed by atoms with van der Waals surface area (Å²) < 4.78 is 0.890. The normalized spacial score (nSPS) is 15.9. The van der Waals surface area contributed by atoms with E-state index in [1.165, 1.54) is 16.2 Å². The molecule has 4 nitrogen and oxygen atoms in total. The van der Waals surface area contributed by atoms with E-state index in [-0.39, 0.29) is 16.9 Å². The molecule has 3 heterocycles. The van der Waals surface area contributed by atoms with Gasteiger partial charge in [0.1, 0.15) is 0 Å². The van der Waals surface area contributed by atoms with E-state index in [0.29, 0.717) is 11.6 Å². The molecule has 2 aromatic heterocycles. The van der Waals surface area contributed by atoms with E-state index in [1.54, 1.807) is 12.3 Å². The predicted molar refractivity (Wildman–Crippen MR) is 73.0 cm³/mol. The fourth-order valence-electron chi connectivity index (χ4n) is 1.72. The van der Waals surface area contributed by atoms with Crippen LogP contribution in [0.25, 0.3) is 10.2 Å². The Bertz CT molecular complexity index is 640. The van der Waals surface area contributed by atoms with Crippen molar-refractivity contribution in [1.82, 2.24) is 9.88 Å². The van der Waals surface area contributed by atoms with Crippen LogP contribution in [0, 0.1) is 0 Å². The number of thiophene rings is 1. The summed E-state index contributed by atoms with van der Waals surface area (Å²) in [5, 5.41) is 0.459. The Hall–Kier alpha value is -1.11. The first-order valence-corrected chi connectivity index (χ1v) is 7.33. The highest BCUT2D eigenvalue weighted by molar-refractivity contribution is 8.14. The number of imide groups is 1. The van der Waals surface area contributed by atoms with Gasteiger partial charge in [0.25, 0.3) is 5.24 Å². The van der Waals surface area contributed by atoms with Gasteiger partial charge in [0.05, 0.1) is 27.5 Å². The number of halogens is 1. The van der Waals surface area contributed by atoms with Gasteiger partial charge in [-0.05, 0) is 12.1 Å². The maximum Gasteiger partial charge on any atom is 0.289 e. The first-order valence-electron chi connectivity index (χ1n) is 5.15. The molecule has 0 radical (unpaired) electrons. The molecule has 0 bridgehead atoms. The molecular weight excluding hydrogens is 292 g/mol. The molecule has 0 spiro atoms. The predicted octanol–water partition coefficient (Wildman–Crippen LogP) is 3.15. The summed E-state index contributed by atoms with van der Waals surface area (Å²) in [6, 6.07) is 3.60. The molecule has 7 heteroatoms. The molecule has 1 fully saturated rings. The molecule has 0 saturated carbocycles. The summed E-state index contributed by atoms with van der Waals surface area (Å²) in [5.41, 5.74) is 0.800. The van der Waals surface area contributed by atoms with Gasteiger partial charge in [-0.1, -0.05) is 23.4 Å². The molecule has 1 aliphatic rings. The van der Waals surface area contributed by atoms with Crippen molar-refractivity contribution in [2.24, 2.45) is 0 Å². The standard InChI is InChI=1S/C11H7ClN2O2S2/c12-7-1-2-13-8-3-6(18-10(7)8)4-14-9(15)5-17-11(14)16/h1-3H,4-5H2. The van der Waals surface area contributed by atoms with Crippen molar-refractivity contribution >= 4 is 56.1 Å². The van der Waals surface area contributed by atoms with Crippen molar-refractivity contribution in [3.8, 4) is 0 Å². The van der Waals surface area contributed by atoms with Crippen LogP contribution >= 0.6 is 34.7 Å². The van der Waals surface area contributed by atoms with E-state index in [4.69, 9.17) is 11.6 Å². The van der Waals surface area contributed by atoms with Crippen molar-refractivity contribution in [2.75, 3.05) is 5.75 Å². The zero-order chi connectivity index (χ0) is 12.7. The molecule has 92 valence electrons. The van der Waals surface area contributed by atoms with E-state index >= 15 is 0 Å². The van der Waals surface area contributed by atoms with Crippen molar-refractivity contribution in [3.05, 3.63) is 28.2 Å². The van der Waals surface area contributed by atoms with Crippen molar-refractivity contribution < 1.29 is 9.59 Å². The highest BCUT2D eigenvalue weighted by atomic mass is 35.5. The lowest BCUT2D eigenvalue weighted by Gasteiger charge is -2.10. The summed E-state index contributed by atoms with van der Waals surface area (Å²) in [5.74, 6) is 0.101. The lowest BCUT2D eigenvalue weighted by molar-refractivity contribution is -0.124. The molecular formula is C11H7ClN2O2S2. The van der Waals surface area contributed by atoms with Crippen LogP contribution in [0.1, 0.15) is 4.88 Å². The molecule has 1 saturated heterocycles. The number of carbonyl (C=O) groups excluding carboxylic acids is 2. The van der Waals surface area contributed by atoms with Gasteiger partial charge in [0.15, 0.2) is 0 Å². The van der Waals surface area contributed by atoms with E-state index < -0.39 is 0 Å². The Morgan fingerprint density at radius 3 is 2.94 bits per heavy atom. The summed E-state index contributed by atoms with van der Waals surface area (Å²) in [7, 11) is 0. The van der Waals surface area contributed by atoms with Crippen molar-refractivity contribution in [1.29, 1.82) is 0 Å². The second-order valence-electron chi connectivity index (χ2n) is 3.75. The van der Waals surface area contributed by atoms with Crippen LogP contribution in [-0.2, 0) is 11.3 Å². The largest absolute Gasteiger partial charge is 0.289 e. The van der Waals surface area contributed by atoms with Gasteiger partial charge >= 0.3 is 0 Å². The molecule has 2 aromatic rings. The molecule has 1 aliphatic heterocycles. The van der Waals surface area contributed by atoms with Gasteiger partial charge in [-0.2, -0.15) is 0 Å². The molecule has 0 aliphatic carbocycles. The number of hydrogen-bond acceptors (Lipinski definition) is 5. The minimum atomic E-state index is -0.184. The number of carbonyl (C=O) groups is 2. The van der Waals surface area contributed by atoms with Gasteiger partial charge < -0.3 is 0 Å². The van der Waals surface area contributed by atoms with Gasteiger partial charge in [-0.3, -0.25) is 19.5 Å². The molecule has 0 aromatic carbocycles. The lowest BCUT2D eigenvalue weighted by Crippen LogP contribution is -2.27. The average molecular weight is 299 g/mol. The monoisotopic (exact) mass is 298 g/mol. The number of aromatic nitrogens is 1. The molecule has 0 unspecified atom stereocenters. The maximum atomic E-state index is 11.5. The van der Waals surface area contributed by atoms with Gasteiger partial charge in [-0.15, -0.1) is 11.3 Å². The number of pyridine rings is 1. The second kappa shape index (κ2) is 4.53. The third kappa shape index (κ3) is 2.00. The maximum absolute atomic E-state index is 11.5. The molecule has 0 atom stereocenters. The van der Waals surface area contributed by atoms with Crippen LogP contribution in [0.3, 0.4) is 0 Å². The van der Waals surface area contributed by atoms with E-state index in [0.717, 1.165) is 26.9 Å². The second-order valence-corrected chi connectivity index (χ2v) is 6.22. The number of thioether (sulfide) groups is 1. The molecule has 18 heavy (non-hydrogen) atoms. The van der Waals surface area contributed by atoms with Crippen LogP contribution in [0.5, 0.6) is 0 Å². The van der Waals surface area contributed by atoms with E-state index in [9.17, 15) is 9.59 Å². The minimum Gasteiger partial charge on any atom is -0.273 e. The Morgan fingerprint density at radius 1 is 1.44 bits per heavy atom. The van der Waals surface area contributed by atoms with E-state index in [2.05, 4.69) is 4.98 Å². The third-order valence-corrected chi connectivity index (χ3v) is 5.00. The van der Waals surface area contributed by atoms with Crippen LogP contribution in [0.15, 0.2) is 18.3 Å². The Kier molecular flexibility index (Phi) is 3.01. The SMILES string of the molecule is O=C1CSC(=O)N1Cc1cc2nccc(Cl)c2s1. The molecule has 2 amide bonds. The molecule has 0 N–H and O–H groups in total. The van der Waals surface area contributed by atoms with Gasteiger partial charge in [0.2, 0.25) is 5.91 Å². The average Bonchev–Trinajstić information content (AvgIpc) is 2.89. The van der Waals surface area contributed by atoms with Crippen LogP contribution in [0.2, 0.25) is 5.02 Å². The Balaban J connectivity index is 1.93. The fraction of sp³-hybridized carbons (Fsp3) is 0.182. The zero-order valence-electron chi connectivity index (χ0n) is 9.05. The van der Waals surface area contributed by atoms with Crippen molar-refractivity contribution in [2.45, 2.75) is 6.54 Å². The summed E-state index contributed by atoms with van der Waals surface area (Å²) in [4.78, 5) is 29.4. The van der Waals surface area contributed by atoms with Gasteiger partial charge in [0, 0.05) is 11.1 Å². The highest BCUT2D eigenvalue weighted by Crippen LogP contribution is 2.32. The third-order valence-electron chi connectivity index (χ3n) is 2.57. The smallest absolute Gasteiger partial charge is 0.273 e. The number of fused-ring (bicyclic) bond motifs is 1. The van der Waals surface area contributed by atoms with Crippen LogP contribution < -0.4 is 0 Å². The topological polar surface area (TPSA) is 50.3 Å². The number of nitrogens with zero attached hydrogens (tertiary/aromatic N) is 2. The van der Waals surface area contributed by atoms with Crippen LogP contribution in [0.4, 0.5) is 4.79 Å². The minimum absolute atomic E-state index is 0.137. The van der Waals surface area contributed by atoms with E-state index in [1.807, 2.05) is 6.07 Å². The zero-order valence-corrected chi connectivity index (χ0v) is 11.4.